The van der Waals surface area contributed by atoms with E-state index in [1.165, 1.54) is 4.68 Å². The summed E-state index contributed by atoms with van der Waals surface area (Å²) in [5, 5.41) is 7.13. The van der Waals surface area contributed by atoms with Crippen molar-refractivity contribution < 1.29 is 4.74 Å². The van der Waals surface area contributed by atoms with Crippen LogP contribution >= 0.6 is 15.9 Å². The molecule has 7 heteroatoms. The molecule has 0 bridgehead atoms. The molecule has 6 nitrogen and oxygen atoms in total. The second-order valence-electron chi connectivity index (χ2n) is 5.14. The molecule has 2 rings (SSSR count). The molecular weight excluding hydrogens is 324 g/mol. The van der Waals surface area contributed by atoms with Crippen LogP contribution in [0.4, 0.5) is 5.69 Å². The number of halogens is 1. The summed E-state index contributed by atoms with van der Waals surface area (Å²) in [7, 11) is 1.62. The van der Waals surface area contributed by atoms with Crippen LogP contribution in [0.5, 0.6) is 0 Å². The van der Waals surface area contributed by atoms with Crippen molar-refractivity contribution in [1.29, 1.82) is 0 Å². The van der Waals surface area contributed by atoms with E-state index < -0.39 is 0 Å². The minimum absolute atomic E-state index is 0.155. The molecule has 0 aromatic carbocycles. The first kappa shape index (κ1) is 15.5. The van der Waals surface area contributed by atoms with Crippen LogP contribution in [-0.4, -0.2) is 35.1 Å². The van der Waals surface area contributed by atoms with E-state index >= 15 is 0 Å². The normalized spacial score (nSPS) is 22.8. The molecule has 1 aromatic heterocycles. The largest absolute Gasteiger partial charge is 0.380 e. The lowest BCUT2D eigenvalue weighted by molar-refractivity contribution is 0.0313. The molecule has 112 valence electrons. The second kappa shape index (κ2) is 7.19. The molecule has 0 amide bonds. The van der Waals surface area contributed by atoms with Gasteiger partial charge in [-0.1, -0.05) is 0 Å². The summed E-state index contributed by atoms with van der Waals surface area (Å²) in [4.78, 5) is 11.7. The molecule has 1 heterocycles. The lowest BCUT2D eigenvalue weighted by Crippen LogP contribution is -2.31. The zero-order chi connectivity index (χ0) is 14.5. The Kier molecular flexibility index (Phi) is 5.56. The van der Waals surface area contributed by atoms with E-state index in [1.54, 1.807) is 13.2 Å². The zero-order valence-corrected chi connectivity index (χ0v) is 13.2. The third kappa shape index (κ3) is 4.04. The van der Waals surface area contributed by atoms with Gasteiger partial charge in [-0.2, -0.15) is 5.10 Å². The Balaban J connectivity index is 1.74. The predicted molar refractivity (Wildman–Crippen MR) is 81.9 cm³/mol. The highest BCUT2D eigenvalue weighted by atomic mass is 79.9. The van der Waals surface area contributed by atoms with Crippen molar-refractivity contribution in [2.24, 2.45) is 12.8 Å². The SMILES string of the molecule is Cn1ncc(NCCOC2CCC(N)CC2)c(Br)c1=O. The van der Waals surface area contributed by atoms with Gasteiger partial charge in [0.1, 0.15) is 4.47 Å². The molecule has 1 aliphatic rings. The van der Waals surface area contributed by atoms with Gasteiger partial charge >= 0.3 is 0 Å². The van der Waals surface area contributed by atoms with Gasteiger partial charge in [-0.05, 0) is 41.6 Å². The summed E-state index contributed by atoms with van der Waals surface area (Å²) in [6.07, 6.45) is 6.12. The number of nitrogens with two attached hydrogens (primary N) is 1. The number of anilines is 1. The highest BCUT2D eigenvalue weighted by Crippen LogP contribution is 2.20. The Morgan fingerprint density at radius 2 is 2.20 bits per heavy atom. The highest BCUT2D eigenvalue weighted by Gasteiger charge is 2.18. The Bertz CT molecular complexity index is 498. The molecule has 20 heavy (non-hydrogen) atoms. The van der Waals surface area contributed by atoms with E-state index in [0.29, 0.717) is 35.5 Å². The number of hydrogen-bond acceptors (Lipinski definition) is 5. The van der Waals surface area contributed by atoms with Gasteiger partial charge in [0.25, 0.3) is 5.56 Å². The van der Waals surface area contributed by atoms with E-state index in [9.17, 15) is 4.79 Å². The summed E-state index contributed by atoms with van der Waals surface area (Å²) in [5.41, 5.74) is 6.40. The van der Waals surface area contributed by atoms with Crippen molar-refractivity contribution in [3.63, 3.8) is 0 Å². The fourth-order valence-corrected chi connectivity index (χ4v) is 2.80. The van der Waals surface area contributed by atoms with Gasteiger partial charge < -0.3 is 15.8 Å². The van der Waals surface area contributed by atoms with Crippen LogP contribution in [0.15, 0.2) is 15.5 Å². The minimum Gasteiger partial charge on any atom is -0.380 e. The van der Waals surface area contributed by atoms with Gasteiger partial charge in [-0.25, -0.2) is 4.68 Å². The average Bonchev–Trinajstić information content (AvgIpc) is 2.45. The zero-order valence-electron chi connectivity index (χ0n) is 11.6. The smallest absolute Gasteiger partial charge is 0.282 e. The van der Waals surface area contributed by atoms with Crippen LogP contribution in [0.25, 0.3) is 0 Å². The molecule has 0 aliphatic heterocycles. The molecule has 1 fully saturated rings. The fraction of sp³-hybridized carbons (Fsp3) is 0.692. The molecule has 1 aliphatic carbocycles. The van der Waals surface area contributed by atoms with Crippen molar-refractivity contribution in [3.8, 4) is 0 Å². The topological polar surface area (TPSA) is 82.2 Å². The van der Waals surface area contributed by atoms with Gasteiger partial charge in [0.15, 0.2) is 0 Å². The standard InChI is InChI=1S/C13H21BrN4O2/c1-18-13(19)12(14)11(8-17-18)16-6-7-20-10-4-2-9(15)3-5-10/h8-10,16H,2-7,15H2,1H3. The Hall–Kier alpha value is -0.920. The maximum absolute atomic E-state index is 11.7. The molecular formula is C13H21BrN4O2. The quantitative estimate of drug-likeness (QED) is 0.785. The van der Waals surface area contributed by atoms with Gasteiger partial charge in [-0.15, -0.1) is 0 Å². The Morgan fingerprint density at radius 3 is 2.90 bits per heavy atom. The van der Waals surface area contributed by atoms with E-state index in [-0.39, 0.29) is 5.56 Å². The maximum Gasteiger partial charge on any atom is 0.282 e. The first-order chi connectivity index (χ1) is 9.58. The molecule has 3 N–H and O–H groups in total. The Morgan fingerprint density at radius 1 is 1.50 bits per heavy atom. The number of aromatic nitrogens is 2. The summed E-state index contributed by atoms with van der Waals surface area (Å²) in [5.74, 6) is 0. The van der Waals surface area contributed by atoms with Gasteiger partial charge in [0.05, 0.1) is 24.6 Å². The monoisotopic (exact) mass is 344 g/mol. The number of nitrogens with zero attached hydrogens (tertiary/aromatic N) is 2. The van der Waals surface area contributed by atoms with Crippen molar-refractivity contribution in [1.82, 2.24) is 9.78 Å². The average molecular weight is 345 g/mol. The summed E-state index contributed by atoms with van der Waals surface area (Å²) >= 11 is 3.28. The lowest BCUT2D eigenvalue weighted by Gasteiger charge is -2.26. The number of ether oxygens (including phenoxy) is 1. The molecule has 0 unspecified atom stereocenters. The predicted octanol–water partition coefficient (Wildman–Crippen LogP) is 1.24. The van der Waals surface area contributed by atoms with Crippen molar-refractivity contribution >= 4 is 21.6 Å². The van der Waals surface area contributed by atoms with Crippen molar-refractivity contribution in [3.05, 3.63) is 21.0 Å². The van der Waals surface area contributed by atoms with E-state index in [0.717, 1.165) is 25.7 Å². The summed E-state index contributed by atoms with van der Waals surface area (Å²) < 4.78 is 7.60. The van der Waals surface area contributed by atoms with Crippen LogP contribution in [0.1, 0.15) is 25.7 Å². The van der Waals surface area contributed by atoms with Crippen LogP contribution < -0.4 is 16.6 Å². The second-order valence-corrected chi connectivity index (χ2v) is 5.93. The number of aryl methyl sites for hydroxylation is 1. The van der Waals surface area contributed by atoms with Crippen LogP contribution in [-0.2, 0) is 11.8 Å². The maximum atomic E-state index is 11.7. The third-order valence-corrected chi connectivity index (χ3v) is 4.33. The molecule has 0 atom stereocenters. The third-order valence-electron chi connectivity index (χ3n) is 3.57. The van der Waals surface area contributed by atoms with Crippen LogP contribution in [0, 0.1) is 0 Å². The first-order valence-corrected chi connectivity index (χ1v) is 7.70. The molecule has 1 saturated carbocycles. The Labute approximate surface area is 126 Å². The van der Waals surface area contributed by atoms with Crippen LogP contribution in [0.2, 0.25) is 0 Å². The first-order valence-electron chi connectivity index (χ1n) is 6.91. The molecule has 0 saturated heterocycles. The van der Waals surface area contributed by atoms with E-state index in [1.807, 2.05) is 0 Å². The number of hydrogen-bond donors (Lipinski definition) is 2. The van der Waals surface area contributed by atoms with E-state index in [2.05, 4.69) is 26.3 Å². The number of nitrogens with one attached hydrogen (secondary N) is 1. The molecule has 1 aromatic rings. The summed E-state index contributed by atoms with van der Waals surface area (Å²) in [6.45, 7) is 1.26. The van der Waals surface area contributed by atoms with E-state index in [4.69, 9.17) is 10.5 Å². The minimum atomic E-state index is -0.155. The van der Waals surface area contributed by atoms with Crippen molar-refractivity contribution in [2.45, 2.75) is 37.8 Å². The summed E-state index contributed by atoms with van der Waals surface area (Å²) in [6, 6.07) is 0.343. The fourth-order valence-electron chi connectivity index (χ4n) is 2.30. The van der Waals surface area contributed by atoms with Gasteiger partial charge in [0, 0.05) is 19.6 Å². The molecule has 0 spiro atoms. The number of rotatable bonds is 5. The van der Waals surface area contributed by atoms with Gasteiger partial charge in [0.2, 0.25) is 0 Å². The van der Waals surface area contributed by atoms with Crippen molar-refractivity contribution in [2.75, 3.05) is 18.5 Å². The lowest BCUT2D eigenvalue weighted by atomic mass is 9.94. The van der Waals surface area contributed by atoms with Gasteiger partial charge in [-0.3, -0.25) is 4.79 Å². The molecule has 0 radical (unpaired) electrons. The highest BCUT2D eigenvalue weighted by molar-refractivity contribution is 9.10. The van der Waals surface area contributed by atoms with Crippen LogP contribution in [0.3, 0.4) is 0 Å².